The summed E-state index contributed by atoms with van der Waals surface area (Å²) >= 11 is 0. The van der Waals surface area contributed by atoms with Crippen molar-refractivity contribution < 1.29 is 9.84 Å². The van der Waals surface area contributed by atoms with Gasteiger partial charge in [-0.25, -0.2) is 19.3 Å². The fourth-order valence-electron chi connectivity index (χ4n) is 3.94. The Labute approximate surface area is 190 Å². The molecule has 4 aromatic rings. The summed E-state index contributed by atoms with van der Waals surface area (Å²) in [6.07, 6.45) is 6.61. The molecule has 2 N–H and O–H groups in total. The molecule has 0 amide bonds. The van der Waals surface area contributed by atoms with Gasteiger partial charge in [0.1, 0.15) is 16.7 Å². The van der Waals surface area contributed by atoms with Crippen LogP contribution in [-0.2, 0) is 12.1 Å². The largest absolute Gasteiger partial charge is 0.497 e. The lowest BCUT2D eigenvalue weighted by atomic mass is 9.95. The van der Waals surface area contributed by atoms with Crippen LogP contribution in [0.2, 0.25) is 0 Å². The summed E-state index contributed by atoms with van der Waals surface area (Å²) in [6, 6.07) is 12.8. The number of fused-ring (bicyclic) bond motifs is 6. The van der Waals surface area contributed by atoms with Crippen molar-refractivity contribution in [2.75, 3.05) is 12.4 Å². The molecule has 168 valence electrons. The topological polar surface area (TPSA) is 107 Å². The first-order valence-electron chi connectivity index (χ1n) is 10.7. The van der Waals surface area contributed by atoms with Crippen LogP contribution in [0.25, 0.3) is 16.9 Å². The van der Waals surface area contributed by atoms with Gasteiger partial charge in [-0.1, -0.05) is 24.3 Å². The second kappa shape index (κ2) is 8.18. The number of pyridine rings is 1. The molecule has 1 aromatic carbocycles. The summed E-state index contributed by atoms with van der Waals surface area (Å²) in [5.41, 5.74) is 0.428. The molecule has 0 radical (unpaired) electrons. The lowest BCUT2D eigenvalue weighted by Crippen LogP contribution is -2.24. The van der Waals surface area contributed by atoms with Gasteiger partial charge in [-0.15, -0.1) is 0 Å². The molecule has 3 aromatic heterocycles. The first kappa shape index (κ1) is 20.9. The van der Waals surface area contributed by atoms with Crippen molar-refractivity contribution in [2.24, 2.45) is 0 Å². The van der Waals surface area contributed by atoms with Crippen molar-refractivity contribution in [3.8, 4) is 11.6 Å². The minimum absolute atomic E-state index is 0.208. The number of allylic oxidation sites excluding steroid dienone is 2. The van der Waals surface area contributed by atoms with Gasteiger partial charge in [0.2, 0.25) is 5.95 Å². The van der Waals surface area contributed by atoms with Crippen LogP contribution in [0.5, 0.6) is 5.75 Å². The molecule has 33 heavy (non-hydrogen) atoms. The van der Waals surface area contributed by atoms with Gasteiger partial charge >= 0.3 is 0 Å². The molecular weight excluding hydrogens is 420 g/mol. The highest BCUT2D eigenvalue weighted by atomic mass is 16.5. The van der Waals surface area contributed by atoms with E-state index >= 15 is 0 Å². The van der Waals surface area contributed by atoms with E-state index in [1.807, 2.05) is 42.5 Å². The van der Waals surface area contributed by atoms with E-state index in [9.17, 15) is 9.90 Å². The van der Waals surface area contributed by atoms with Crippen LogP contribution >= 0.6 is 0 Å². The van der Waals surface area contributed by atoms with Crippen LogP contribution < -0.4 is 15.6 Å². The highest BCUT2D eigenvalue weighted by Gasteiger charge is 2.26. The average Bonchev–Trinajstić information content (AvgIpc) is 3.09. The van der Waals surface area contributed by atoms with E-state index in [0.717, 1.165) is 5.69 Å². The van der Waals surface area contributed by atoms with Gasteiger partial charge in [0, 0.05) is 18.0 Å². The molecule has 2 bridgehead atoms. The van der Waals surface area contributed by atoms with Gasteiger partial charge in [-0.2, -0.15) is 4.98 Å². The molecule has 0 aliphatic carbocycles. The van der Waals surface area contributed by atoms with Crippen molar-refractivity contribution in [1.29, 1.82) is 0 Å². The van der Waals surface area contributed by atoms with Crippen molar-refractivity contribution in [1.82, 2.24) is 24.3 Å². The monoisotopic (exact) mass is 444 g/mol. The third-order valence-electron chi connectivity index (χ3n) is 5.75. The van der Waals surface area contributed by atoms with Gasteiger partial charge in [0.25, 0.3) is 5.56 Å². The second-order valence-corrected chi connectivity index (χ2v) is 8.15. The van der Waals surface area contributed by atoms with E-state index in [4.69, 9.17) is 9.72 Å². The molecule has 9 heteroatoms. The Morgan fingerprint density at radius 1 is 1.15 bits per heavy atom. The summed E-state index contributed by atoms with van der Waals surface area (Å²) in [5, 5.41) is 14.5. The van der Waals surface area contributed by atoms with Crippen LogP contribution in [-0.4, -0.2) is 36.5 Å². The SMILES string of the molecule is COc1cccc(Nc2ncc3c(=O)n4n(c3n2)-c2cccc(n2)C(C)(O)CC/C=C\C4)c1. The van der Waals surface area contributed by atoms with Gasteiger partial charge in [-0.05, 0) is 44.0 Å². The first-order chi connectivity index (χ1) is 16.0. The average molecular weight is 444 g/mol. The molecule has 0 fully saturated rings. The third-order valence-corrected chi connectivity index (χ3v) is 5.75. The number of hydrogen-bond donors (Lipinski definition) is 2. The number of nitrogens with one attached hydrogen (secondary N) is 1. The molecule has 1 aliphatic heterocycles. The lowest BCUT2D eigenvalue weighted by Gasteiger charge is -2.22. The van der Waals surface area contributed by atoms with E-state index in [0.29, 0.717) is 53.6 Å². The Kier molecular flexibility index (Phi) is 5.18. The van der Waals surface area contributed by atoms with Crippen molar-refractivity contribution in [3.05, 3.63) is 76.9 Å². The van der Waals surface area contributed by atoms with Crippen LogP contribution in [0.15, 0.2) is 65.6 Å². The number of methoxy groups -OCH3 is 1. The number of benzene rings is 1. The maximum absolute atomic E-state index is 13.2. The number of rotatable bonds is 3. The number of hydrogen-bond acceptors (Lipinski definition) is 7. The van der Waals surface area contributed by atoms with Crippen LogP contribution in [0.4, 0.5) is 11.6 Å². The molecule has 0 saturated heterocycles. The number of aromatic nitrogens is 5. The zero-order valence-electron chi connectivity index (χ0n) is 18.4. The van der Waals surface area contributed by atoms with Crippen molar-refractivity contribution in [3.63, 3.8) is 0 Å². The Bertz CT molecular complexity index is 1420. The molecule has 9 nitrogen and oxygen atoms in total. The lowest BCUT2D eigenvalue weighted by molar-refractivity contribution is 0.0443. The quantitative estimate of drug-likeness (QED) is 0.467. The number of anilines is 2. The first-order valence-corrected chi connectivity index (χ1v) is 10.7. The Morgan fingerprint density at radius 3 is 2.85 bits per heavy atom. The zero-order valence-corrected chi connectivity index (χ0v) is 18.4. The summed E-state index contributed by atoms with van der Waals surface area (Å²) in [6.45, 7) is 2.10. The molecule has 1 aliphatic rings. The minimum atomic E-state index is -1.09. The fraction of sp³-hybridized carbons (Fsp3) is 0.250. The van der Waals surface area contributed by atoms with Crippen LogP contribution in [0.3, 0.4) is 0 Å². The van der Waals surface area contributed by atoms with Crippen molar-refractivity contribution in [2.45, 2.75) is 31.9 Å². The summed E-state index contributed by atoms with van der Waals surface area (Å²) in [7, 11) is 1.60. The normalized spacial score (nSPS) is 18.9. The summed E-state index contributed by atoms with van der Waals surface area (Å²) < 4.78 is 8.54. The predicted octanol–water partition coefficient (Wildman–Crippen LogP) is 3.29. The molecule has 5 rings (SSSR count). The highest BCUT2D eigenvalue weighted by molar-refractivity contribution is 5.77. The van der Waals surface area contributed by atoms with Gasteiger partial charge in [0.15, 0.2) is 11.5 Å². The molecule has 4 heterocycles. The summed E-state index contributed by atoms with van der Waals surface area (Å²) in [4.78, 5) is 26.9. The maximum atomic E-state index is 13.2. The number of nitrogens with zero attached hydrogens (tertiary/aromatic N) is 5. The van der Waals surface area contributed by atoms with Crippen molar-refractivity contribution >= 4 is 22.7 Å². The molecule has 1 unspecified atom stereocenters. The Morgan fingerprint density at radius 2 is 2.00 bits per heavy atom. The third kappa shape index (κ3) is 3.87. The molecular formula is C24H24N6O3. The van der Waals surface area contributed by atoms with Crippen LogP contribution in [0.1, 0.15) is 25.5 Å². The maximum Gasteiger partial charge on any atom is 0.278 e. The smallest absolute Gasteiger partial charge is 0.278 e. The Hall–Kier alpha value is -3.98. The number of ether oxygens (including phenoxy) is 1. The number of aliphatic hydroxyl groups is 1. The molecule has 1 atom stereocenters. The highest BCUT2D eigenvalue weighted by Crippen LogP contribution is 2.27. The predicted molar refractivity (Wildman–Crippen MR) is 125 cm³/mol. The van der Waals surface area contributed by atoms with E-state index in [1.165, 1.54) is 6.20 Å². The van der Waals surface area contributed by atoms with E-state index in [-0.39, 0.29) is 5.56 Å². The summed E-state index contributed by atoms with van der Waals surface area (Å²) in [5.74, 6) is 1.54. The zero-order chi connectivity index (χ0) is 23.0. The Balaban J connectivity index is 1.68. The van der Waals surface area contributed by atoms with Gasteiger partial charge < -0.3 is 15.2 Å². The van der Waals surface area contributed by atoms with E-state index in [2.05, 4.69) is 15.3 Å². The fourth-order valence-corrected chi connectivity index (χ4v) is 3.94. The minimum Gasteiger partial charge on any atom is -0.497 e. The van der Waals surface area contributed by atoms with E-state index in [1.54, 1.807) is 35.5 Å². The van der Waals surface area contributed by atoms with Crippen LogP contribution in [0, 0.1) is 0 Å². The van der Waals surface area contributed by atoms with Gasteiger partial charge in [-0.3, -0.25) is 4.79 Å². The standard InChI is InChI=1S/C24H24N6O3/c1-24(32)12-4-3-5-13-29-22(31)18-15-25-23(26-16-8-6-9-17(14-16)33-2)28-21(18)30(29)20-11-7-10-19(24)27-20/h3,5-11,14-15,32H,4,12-13H2,1-2H3,(H,25,26,28)/b5-3-. The molecule has 0 saturated carbocycles. The second-order valence-electron chi connectivity index (χ2n) is 8.15. The van der Waals surface area contributed by atoms with E-state index < -0.39 is 5.60 Å². The molecule has 0 spiro atoms. The van der Waals surface area contributed by atoms with Gasteiger partial charge in [0.05, 0.1) is 19.3 Å².